The summed E-state index contributed by atoms with van der Waals surface area (Å²) in [5, 5.41) is 13.9. The lowest BCUT2D eigenvalue weighted by atomic mass is 10.1. The molecule has 1 atom stereocenters. The van der Waals surface area contributed by atoms with Gasteiger partial charge in [0.1, 0.15) is 24.0 Å². The molecule has 1 unspecified atom stereocenters. The summed E-state index contributed by atoms with van der Waals surface area (Å²) in [6, 6.07) is 20.6. The Morgan fingerprint density at radius 2 is 1.69 bits per heavy atom. The van der Waals surface area contributed by atoms with Gasteiger partial charge in [0.05, 0.1) is 17.6 Å². The maximum atomic E-state index is 13.4. The van der Waals surface area contributed by atoms with Crippen molar-refractivity contribution in [3.05, 3.63) is 100 Å². The normalized spacial score (nSPS) is 15.2. The van der Waals surface area contributed by atoms with Gasteiger partial charge in [-0.25, -0.2) is 4.79 Å². The number of nitro groups is 1. The Balaban J connectivity index is 1.56. The van der Waals surface area contributed by atoms with Crippen LogP contribution in [0.4, 0.5) is 16.2 Å². The quantitative estimate of drug-likeness (QED) is 0.274. The Morgan fingerprint density at radius 1 is 1.03 bits per heavy atom. The van der Waals surface area contributed by atoms with Gasteiger partial charge in [0, 0.05) is 6.54 Å². The molecule has 1 N–H and O–H groups in total. The van der Waals surface area contributed by atoms with Crippen LogP contribution in [-0.4, -0.2) is 45.7 Å². The summed E-state index contributed by atoms with van der Waals surface area (Å²) in [5.74, 6) is -0.995. The summed E-state index contributed by atoms with van der Waals surface area (Å²) in [4.78, 5) is 52.6. The minimum Gasteiger partial charge on any atom is -0.494 e. The van der Waals surface area contributed by atoms with E-state index in [4.69, 9.17) is 4.74 Å². The van der Waals surface area contributed by atoms with Crippen molar-refractivity contribution in [2.75, 3.05) is 18.5 Å². The van der Waals surface area contributed by atoms with E-state index in [0.717, 1.165) is 10.5 Å². The molecule has 1 aliphatic rings. The third-order valence-electron chi connectivity index (χ3n) is 5.65. The van der Waals surface area contributed by atoms with E-state index in [2.05, 4.69) is 5.32 Å². The monoisotopic (exact) mass is 488 g/mol. The molecule has 10 nitrogen and oxygen atoms in total. The molecule has 4 rings (SSSR count). The summed E-state index contributed by atoms with van der Waals surface area (Å²) in [5.41, 5.74) is 1.03. The molecule has 4 amide bonds. The van der Waals surface area contributed by atoms with Crippen LogP contribution in [0.15, 0.2) is 78.9 Å². The first-order valence-corrected chi connectivity index (χ1v) is 11.3. The molecular formula is C26H24N4O6. The predicted octanol–water partition coefficient (Wildman–Crippen LogP) is 4.14. The molecule has 0 radical (unpaired) electrons. The molecule has 184 valence electrons. The molecule has 0 spiro atoms. The topological polar surface area (TPSA) is 122 Å². The number of hydrogen-bond acceptors (Lipinski definition) is 6. The average molecular weight is 489 g/mol. The fraction of sp³-hybridized carbons (Fsp3) is 0.192. The zero-order chi connectivity index (χ0) is 25.7. The first-order chi connectivity index (χ1) is 17.4. The SMILES string of the molecule is CCOc1ccc(NC(=O)CN2C(=O)C(c3ccccc3)N(Cc3ccccc3)C2=O)c([N+](=O)[O-])c1. The van der Waals surface area contributed by atoms with Crippen molar-refractivity contribution in [3.63, 3.8) is 0 Å². The number of nitro benzene ring substituents is 1. The largest absolute Gasteiger partial charge is 0.494 e. The van der Waals surface area contributed by atoms with Gasteiger partial charge in [0.25, 0.3) is 11.6 Å². The molecule has 1 aliphatic heterocycles. The van der Waals surface area contributed by atoms with Crippen LogP contribution in [-0.2, 0) is 16.1 Å². The van der Waals surface area contributed by atoms with Crippen LogP contribution >= 0.6 is 0 Å². The highest BCUT2D eigenvalue weighted by atomic mass is 16.6. The lowest BCUT2D eigenvalue weighted by Crippen LogP contribution is -2.38. The highest BCUT2D eigenvalue weighted by Crippen LogP contribution is 2.33. The highest BCUT2D eigenvalue weighted by molar-refractivity contribution is 6.08. The molecule has 1 heterocycles. The fourth-order valence-corrected chi connectivity index (χ4v) is 4.04. The minimum absolute atomic E-state index is 0.0618. The number of hydrogen-bond donors (Lipinski definition) is 1. The van der Waals surface area contributed by atoms with Gasteiger partial charge < -0.3 is 15.0 Å². The van der Waals surface area contributed by atoms with Gasteiger partial charge in [-0.1, -0.05) is 60.7 Å². The summed E-state index contributed by atoms with van der Waals surface area (Å²) in [6.45, 7) is 1.66. The van der Waals surface area contributed by atoms with E-state index in [-0.39, 0.29) is 23.7 Å². The van der Waals surface area contributed by atoms with Crippen molar-refractivity contribution < 1.29 is 24.0 Å². The summed E-state index contributed by atoms with van der Waals surface area (Å²) < 4.78 is 5.29. The molecule has 3 aromatic carbocycles. The standard InChI is InChI=1S/C26H24N4O6/c1-2-36-20-13-14-21(22(15-20)30(34)35)27-23(31)17-29-25(32)24(19-11-7-4-8-12-19)28(26(29)33)16-18-9-5-3-6-10-18/h3-15,24H,2,16-17H2,1H3,(H,27,31). The third kappa shape index (κ3) is 5.17. The number of carbonyl (C=O) groups is 3. The van der Waals surface area contributed by atoms with E-state index < -0.39 is 35.4 Å². The molecule has 0 aliphatic carbocycles. The second-order valence-electron chi connectivity index (χ2n) is 8.05. The third-order valence-corrected chi connectivity index (χ3v) is 5.65. The molecule has 1 fully saturated rings. The lowest BCUT2D eigenvalue weighted by Gasteiger charge is -2.22. The number of nitrogens with zero attached hydrogens (tertiary/aromatic N) is 3. The van der Waals surface area contributed by atoms with Gasteiger partial charge in [-0.2, -0.15) is 0 Å². The van der Waals surface area contributed by atoms with Crippen molar-refractivity contribution in [3.8, 4) is 5.75 Å². The second kappa shape index (κ2) is 10.7. The summed E-state index contributed by atoms with van der Waals surface area (Å²) >= 11 is 0. The van der Waals surface area contributed by atoms with Crippen molar-refractivity contribution in [2.24, 2.45) is 0 Å². The maximum absolute atomic E-state index is 13.4. The number of anilines is 1. The van der Waals surface area contributed by atoms with Gasteiger partial charge in [-0.3, -0.25) is 24.6 Å². The fourth-order valence-electron chi connectivity index (χ4n) is 4.04. The number of urea groups is 1. The minimum atomic E-state index is -0.897. The number of amides is 4. The number of carbonyl (C=O) groups excluding carboxylic acids is 3. The van der Waals surface area contributed by atoms with Crippen LogP contribution in [0.3, 0.4) is 0 Å². The molecule has 10 heteroatoms. The van der Waals surface area contributed by atoms with E-state index in [1.807, 2.05) is 30.3 Å². The Labute approximate surface area is 207 Å². The second-order valence-corrected chi connectivity index (χ2v) is 8.05. The first-order valence-electron chi connectivity index (χ1n) is 11.3. The van der Waals surface area contributed by atoms with Gasteiger partial charge in [0.15, 0.2) is 0 Å². The van der Waals surface area contributed by atoms with Gasteiger partial charge >= 0.3 is 6.03 Å². The smallest absolute Gasteiger partial charge is 0.328 e. The molecule has 36 heavy (non-hydrogen) atoms. The average Bonchev–Trinajstić information content (AvgIpc) is 3.10. The molecule has 1 saturated heterocycles. The maximum Gasteiger partial charge on any atom is 0.328 e. The zero-order valence-electron chi connectivity index (χ0n) is 19.5. The summed E-state index contributed by atoms with van der Waals surface area (Å²) in [6.07, 6.45) is 0. The first kappa shape index (κ1) is 24.4. The Morgan fingerprint density at radius 3 is 2.33 bits per heavy atom. The molecule has 0 bridgehead atoms. The van der Waals surface area contributed by atoms with Crippen LogP contribution in [0.1, 0.15) is 24.1 Å². The number of nitrogens with one attached hydrogen (secondary N) is 1. The number of ether oxygens (including phenoxy) is 1. The lowest BCUT2D eigenvalue weighted by molar-refractivity contribution is -0.384. The van der Waals surface area contributed by atoms with E-state index >= 15 is 0 Å². The molecule has 3 aromatic rings. The van der Waals surface area contributed by atoms with E-state index in [0.29, 0.717) is 12.2 Å². The van der Waals surface area contributed by atoms with Gasteiger partial charge in [0.2, 0.25) is 5.91 Å². The van der Waals surface area contributed by atoms with Crippen molar-refractivity contribution in [2.45, 2.75) is 19.5 Å². The predicted molar refractivity (Wildman–Crippen MR) is 131 cm³/mol. The number of rotatable bonds is 9. The van der Waals surface area contributed by atoms with Gasteiger partial charge in [-0.15, -0.1) is 0 Å². The van der Waals surface area contributed by atoms with Crippen LogP contribution in [0, 0.1) is 10.1 Å². The number of imide groups is 1. The van der Waals surface area contributed by atoms with Crippen LogP contribution in [0.5, 0.6) is 5.75 Å². The Hall–Kier alpha value is -4.73. The number of benzene rings is 3. The molecule has 0 aromatic heterocycles. The van der Waals surface area contributed by atoms with Crippen molar-refractivity contribution in [1.29, 1.82) is 0 Å². The zero-order valence-corrected chi connectivity index (χ0v) is 19.5. The van der Waals surface area contributed by atoms with Crippen LogP contribution in [0.25, 0.3) is 0 Å². The van der Waals surface area contributed by atoms with Crippen molar-refractivity contribution in [1.82, 2.24) is 9.80 Å². The summed E-state index contributed by atoms with van der Waals surface area (Å²) in [7, 11) is 0. The highest BCUT2D eigenvalue weighted by Gasteiger charge is 2.46. The van der Waals surface area contributed by atoms with E-state index in [1.54, 1.807) is 37.3 Å². The Bertz CT molecular complexity index is 1280. The van der Waals surface area contributed by atoms with E-state index in [9.17, 15) is 24.5 Å². The van der Waals surface area contributed by atoms with Gasteiger partial charge in [-0.05, 0) is 30.2 Å². The molecule has 0 saturated carbocycles. The van der Waals surface area contributed by atoms with Crippen LogP contribution in [0.2, 0.25) is 0 Å². The molecular weight excluding hydrogens is 464 g/mol. The van der Waals surface area contributed by atoms with E-state index in [1.165, 1.54) is 23.1 Å². The van der Waals surface area contributed by atoms with Crippen molar-refractivity contribution >= 4 is 29.2 Å². The Kier molecular flexibility index (Phi) is 7.24. The van der Waals surface area contributed by atoms with Crippen LogP contribution < -0.4 is 10.1 Å².